The molecule has 110 valence electrons. The number of carbonyl (C=O) groups is 1. The summed E-state index contributed by atoms with van der Waals surface area (Å²) >= 11 is 0. The second kappa shape index (κ2) is 6.34. The van der Waals surface area contributed by atoms with Gasteiger partial charge in [0.15, 0.2) is 0 Å². The van der Waals surface area contributed by atoms with Crippen LogP contribution in [-0.2, 0) is 23.0 Å². The molecular formula is C13H19N3O3S. The van der Waals surface area contributed by atoms with Crippen LogP contribution in [0.2, 0.25) is 0 Å². The third kappa shape index (κ3) is 4.29. The van der Waals surface area contributed by atoms with Crippen molar-refractivity contribution in [3.8, 4) is 0 Å². The molecular weight excluding hydrogens is 278 g/mol. The minimum atomic E-state index is -3.21. The lowest BCUT2D eigenvalue weighted by molar-refractivity contribution is 0.0954. The summed E-state index contributed by atoms with van der Waals surface area (Å²) in [6.07, 6.45) is 2.07. The third-order valence-corrected chi connectivity index (χ3v) is 3.86. The predicted octanol–water partition coefficient (Wildman–Crippen LogP) is -0.389. The Morgan fingerprint density at radius 1 is 1.30 bits per heavy atom. The molecule has 0 radical (unpaired) electrons. The molecule has 1 heterocycles. The summed E-state index contributed by atoms with van der Waals surface area (Å²) < 4.78 is 24.1. The van der Waals surface area contributed by atoms with Gasteiger partial charge in [0, 0.05) is 25.2 Å². The first-order valence-corrected chi connectivity index (χ1v) is 8.40. The van der Waals surface area contributed by atoms with Gasteiger partial charge in [0.1, 0.15) is 0 Å². The summed E-state index contributed by atoms with van der Waals surface area (Å²) in [5.41, 5.74) is 3.03. The van der Waals surface area contributed by atoms with Crippen molar-refractivity contribution in [3.63, 3.8) is 0 Å². The molecule has 2 rings (SSSR count). The van der Waals surface area contributed by atoms with Gasteiger partial charge < -0.3 is 10.6 Å². The lowest BCUT2D eigenvalue weighted by Gasteiger charge is -2.17. The van der Waals surface area contributed by atoms with E-state index in [-0.39, 0.29) is 19.0 Å². The highest BCUT2D eigenvalue weighted by molar-refractivity contribution is 7.88. The first-order chi connectivity index (χ1) is 9.46. The van der Waals surface area contributed by atoms with Crippen LogP contribution in [0.3, 0.4) is 0 Å². The van der Waals surface area contributed by atoms with Gasteiger partial charge in [0.2, 0.25) is 10.0 Å². The van der Waals surface area contributed by atoms with Gasteiger partial charge in [0.05, 0.1) is 6.26 Å². The van der Waals surface area contributed by atoms with Crippen molar-refractivity contribution in [1.29, 1.82) is 0 Å². The lowest BCUT2D eigenvalue weighted by Crippen LogP contribution is -2.34. The smallest absolute Gasteiger partial charge is 0.251 e. The third-order valence-electron chi connectivity index (χ3n) is 3.13. The van der Waals surface area contributed by atoms with Crippen LogP contribution in [0, 0.1) is 0 Å². The van der Waals surface area contributed by atoms with Gasteiger partial charge in [-0.2, -0.15) is 0 Å². The van der Waals surface area contributed by atoms with Gasteiger partial charge in [-0.05, 0) is 36.2 Å². The van der Waals surface area contributed by atoms with E-state index in [1.807, 2.05) is 18.2 Å². The second-order valence-corrected chi connectivity index (χ2v) is 6.67. The van der Waals surface area contributed by atoms with Gasteiger partial charge in [-0.1, -0.05) is 6.07 Å². The molecule has 0 bridgehead atoms. The fraction of sp³-hybridized carbons (Fsp3) is 0.462. The van der Waals surface area contributed by atoms with Crippen molar-refractivity contribution in [2.24, 2.45) is 0 Å². The Balaban J connectivity index is 1.89. The molecule has 0 spiro atoms. The lowest BCUT2D eigenvalue weighted by atomic mass is 9.98. The number of benzene rings is 1. The maximum Gasteiger partial charge on any atom is 0.251 e. The Morgan fingerprint density at radius 2 is 2.10 bits per heavy atom. The molecule has 7 heteroatoms. The van der Waals surface area contributed by atoms with Crippen molar-refractivity contribution < 1.29 is 13.2 Å². The van der Waals surface area contributed by atoms with Gasteiger partial charge in [-0.15, -0.1) is 0 Å². The van der Waals surface area contributed by atoms with Crippen molar-refractivity contribution >= 4 is 15.9 Å². The largest absolute Gasteiger partial charge is 0.351 e. The molecule has 0 atom stereocenters. The Hall–Kier alpha value is -1.44. The molecule has 0 fully saturated rings. The van der Waals surface area contributed by atoms with E-state index in [1.54, 1.807) is 0 Å². The van der Waals surface area contributed by atoms with Crippen LogP contribution in [0.4, 0.5) is 0 Å². The van der Waals surface area contributed by atoms with Gasteiger partial charge in [-0.3, -0.25) is 4.79 Å². The molecule has 0 saturated heterocycles. The Kier molecular flexibility index (Phi) is 4.74. The maximum absolute atomic E-state index is 11.9. The summed E-state index contributed by atoms with van der Waals surface area (Å²) in [5, 5.41) is 5.96. The molecule has 1 aliphatic heterocycles. The monoisotopic (exact) mass is 297 g/mol. The zero-order valence-corrected chi connectivity index (χ0v) is 12.2. The van der Waals surface area contributed by atoms with Crippen LogP contribution < -0.4 is 15.4 Å². The summed E-state index contributed by atoms with van der Waals surface area (Å²) in [4.78, 5) is 11.9. The molecule has 0 aliphatic carbocycles. The van der Waals surface area contributed by atoms with Crippen LogP contribution in [-0.4, -0.2) is 40.2 Å². The van der Waals surface area contributed by atoms with E-state index in [0.29, 0.717) is 5.56 Å². The number of carbonyl (C=O) groups excluding carboxylic acids is 1. The summed E-state index contributed by atoms with van der Waals surface area (Å²) in [6, 6.07) is 5.68. The van der Waals surface area contributed by atoms with E-state index in [4.69, 9.17) is 0 Å². The highest BCUT2D eigenvalue weighted by Gasteiger charge is 2.12. The second-order valence-electron chi connectivity index (χ2n) is 4.83. The number of rotatable bonds is 5. The van der Waals surface area contributed by atoms with Crippen LogP contribution in [0.25, 0.3) is 0 Å². The fourth-order valence-electron chi connectivity index (χ4n) is 2.14. The van der Waals surface area contributed by atoms with Crippen molar-refractivity contribution in [3.05, 3.63) is 34.9 Å². The van der Waals surface area contributed by atoms with Gasteiger partial charge in [0.25, 0.3) is 5.91 Å². The Bertz CT molecular complexity index is 599. The van der Waals surface area contributed by atoms with Crippen LogP contribution in [0.1, 0.15) is 21.5 Å². The summed E-state index contributed by atoms with van der Waals surface area (Å²) in [6.45, 7) is 2.21. The van der Waals surface area contributed by atoms with E-state index in [2.05, 4.69) is 15.4 Å². The Morgan fingerprint density at radius 3 is 2.85 bits per heavy atom. The topological polar surface area (TPSA) is 87.3 Å². The van der Waals surface area contributed by atoms with E-state index in [9.17, 15) is 13.2 Å². The number of hydrogen-bond acceptors (Lipinski definition) is 4. The molecule has 20 heavy (non-hydrogen) atoms. The average molecular weight is 297 g/mol. The highest BCUT2D eigenvalue weighted by Crippen LogP contribution is 2.15. The molecule has 0 unspecified atom stereocenters. The van der Waals surface area contributed by atoms with Crippen LogP contribution in [0.5, 0.6) is 0 Å². The van der Waals surface area contributed by atoms with Gasteiger partial charge in [-0.25, -0.2) is 13.1 Å². The number of sulfonamides is 1. The molecule has 1 aliphatic rings. The minimum absolute atomic E-state index is 0.186. The predicted molar refractivity (Wildman–Crippen MR) is 77.0 cm³/mol. The standard InChI is InChI=1S/C13H19N3O3S/c1-20(18,19)16-7-6-15-13(17)11-3-2-10-4-5-14-9-12(10)8-11/h2-3,8,14,16H,4-7,9H2,1H3,(H,15,17). The SMILES string of the molecule is CS(=O)(=O)NCCNC(=O)c1ccc2c(c1)CNCC2. The molecule has 1 aromatic rings. The van der Waals surface area contributed by atoms with Gasteiger partial charge >= 0.3 is 0 Å². The number of hydrogen-bond donors (Lipinski definition) is 3. The van der Waals surface area contributed by atoms with E-state index >= 15 is 0 Å². The van der Waals surface area contributed by atoms with E-state index < -0.39 is 10.0 Å². The quantitative estimate of drug-likeness (QED) is 0.646. The van der Waals surface area contributed by atoms with Crippen molar-refractivity contribution in [2.45, 2.75) is 13.0 Å². The zero-order chi connectivity index (χ0) is 14.6. The first kappa shape index (κ1) is 15.0. The molecule has 0 saturated carbocycles. The van der Waals surface area contributed by atoms with E-state index in [0.717, 1.165) is 31.3 Å². The molecule has 6 nitrogen and oxygen atoms in total. The number of amides is 1. The Labute approximate surface area is 119 Å². The van der Waals surface area contributed by atoms with Crippen LogP contribution >= 0.6 is 0 Å². The molecule has 3 N–H and O–H groups in total. The first-order valence-electron chi connectivity index (χ1n) is 6.51. The minimum Gasteiger partial charge on any atom is -0.351 e. The van der Waals surface area contributed by atoms with Crippen molar-refractivity contribution in [2.75, 3.05) is 25.9 Å². The van der Waals surface area contributed by atoms with Crippen molar-refractivity contribution in [1.82, 2.24) is 15.4 Å². The normalized spacial score (nSPS) is 14.7. The summed E-state index contributed by atoms with van der Waals surface area (Å²) in [7, 11) is -3.21. The number of fused-ring (bicyclic) bond motifs is 1. The highest BCUT2D eigenvalue weighted by atomic mass is 32.2. The molecule has 1 aromatic carbocycles. The van der Waals surface area contributed by atoms with Crippen LogP contribution in [0.15, 0.2) is 18.2 Å². The maximum atomic E-state index is 11.9. The van der Waals surface area contributed by atoms with E-state index in [1.165, 1.54) is 5.56 Å². The zero-order valence-electron chi connectivity index (χ0n) is 11.4. The fourth-order valence-corrected chi connectivity index (χ4v) is 2.61. The number of nitrogens with one attached hydrogen (secondary N) is 3. The molecule has 1 amide bonds. The average Bonchev–Trinajstić information content (AvgIpc) is 2.42. The molecule has 0 aromatic heterocycles. The summed E-state index contributed by atoms with van der Waals surface area (Å²) in [5.74, 6) is -0.186.